The standard InChI is InChI=1S/C15H19N5O2S/c1-10(2)18-13-3-4-16-14(19-13)12-7-22-6-5-20(12)15(21)11-8-23-9-17-11/h3-4,8-10,12H,5-7H2,1-2H3,(H,16,18,19). The molecule has 1 N–H and O–H groups in total. The Hall–Kier alpha value is -2.06. The van der Waals surface area contributed by atoms with Crippen LogP contribution in [0.2, 0.25) is 0 Å². The molecule has 1 atom stereocenters. The molecule has 122 valence electrons. The smallest absolute Gasteiger partial charge is 0.274 e. The normalized spacial score (nSPS) is 18.2. The molecular formula is C15H19N5O2S. The molecule has 7 nitrogen and oxygen atoms in total. The van der Waals surface area contributed by atoms with E-state index in [1.807, 2.05) is 19.9 Å². The maximum absolute atomic E-state index is 12.7. The van der Waals surface area contributed by atoms with Crippen LogP contribution in [0.15, 0.2) is 23.2 Å². The number of amides is 1. The lowest BCUT2D eigenvalue weighted by molar-refractivity contribution is -0.00545. The van der Waals surface area contributed by atoms with Crippen LogP contribution in [-0.4, -0.2) is 51.6 Å². The summed E-state index contributed by atoms with van der Waals surface area (Å²) in [7, 11) is 0. The van der Waals surface area contributed by atoms with Crippen LogP contribution >= 0.6 is 11.3 Å². The average Bonchev–Trinajstić information content (AvgIpc) is 3.08. The number of thiazole rings is 1. The molecule has 1 unspecified atom stereocenters. The lowest BCUT2D eigenvalue weighted by Crippen LogP contribution is -2.44. The van der Waals surface area contributed by atoms with Gasteiger partial charge >= 0.3 is 0 Å². The molecule has 0 aromatic carbocycles. The second kappa shape index (κ2) is 7.01. The molecule has 1 saturated heterocycles. The zero-order valence-corrected chi connectivity index (χ0v) is 13.9. The van der Waals surface area contributed by atoms with Crippen LogP contribution in [0.1, 0.15) is 36.2 Å². The molecule has 1 fully saturated rings. The third-order valence-corrected chi connectivity index (χ3v) is 4.04. The predicted molar refractivity (Wildman–Crippen MR) is 87.5 cm³/mol. The quantitative estimate of drug-likeness (QED) is 0.921. The number of morpholine rings is 1. The number of rotatable bonds is 4. The Morgan fingerprint density at radius 3 is 3.09 bits per heavy atom. The maximum Gasteiger partial charge on any atom is 0.274 e. The molecule has 2 aromatic heterocycles. The molecule has 1 amide bonds. The molecule has 0 aliphatic carbocycles. The Morgan fingerprint density at radius 1 is 1.48 bits per heavy atom. The van der Waals surface area contributed by atoms with E-state index in [-0.39, 0.29) is 18.0 Å². The third kappa shape index (κ3) is 3.65. The number of carbonyl (C=O) groups excluding carboxylic acids is 1. The second-order valence-corrected chi connectivity index (χ2v) is 6.28. The van der Waals surface area contributed by atoms with Gasteiger partial charge < -0.3 is 15.0 Å². The highest BCUT2D eigenvalue weighted by molar-refractivity contribution is 7.07. The highest BCUT2D eigenvalue weighted by atomic mass is 32.1. The Bertz CT molecular complexity index is 662. The molecule has 1 aliphatic heterocycles. The van der Waals surface area contributed by atoms with Crippen molar-refractivity contribution in [2.24, 2.45) is 0 Å². The Kier molecular flexibility index (Phi) is 4.82. The Labute approximate surface area is 138 Å². The van der Waals surface area contributed by atoms with E-state index in [1.165, 1.54) is 11.3 Å². The van der Waals surface area contributed by atoms with Crippen molar-refractivity contribution >= 4 is 23.1 Å². The molecule has 1 aliphatic rings. The minimum atomic E-state index is -0.299. The van der Waals surface area contributed by atoms with E-state index in [4.69, 9.17) is 4.74 Å². The van der Waals surface area contributed by atoms with Gasteiger partial charge in [0, 0.05) is 24.2 Å². The van der Waals surface area contributed by atoms with Crippen molar-refractivity contribution in [2.75, 3.05) is 25.1 Å². The van der Waals surface area contributed by atoms with E-state index in [2.05, 4.69) is 20.3 Å². The molecule has 8 heteroatoms. The van der Waals surface area contributed by atoms with Crippen molar-refractivity contribution in [3.63, 3.8) is 0 Å². The number of nitrogens with one attached hydrogen (secondary N) is 1. The maximum atomic E-state index is 12.7. The van der Waals surface area contributed by atoms with Crippen molar-refractivity contribution in [3.05, 3.63) is 34.7 Å². The first kappa shape index (κ1) is 15.8. The van der Waals surface area contributed by atoms with Gasteiger partial charge in [0.1, 0.15) is 17.6 Å². The van der Waals surface area contributed by atoms with Gasteiger partial charge in [-0.3, -0.25) is 4.79 Å². The Balaban J connectivity index is 1.85. The molecule has 3 heterocycles. The van der Waals surface area contributed by atoms with Crippen molar-refractivity contribution < 1.29 is 9.53 Å². The van der Waals surface area contributed by atoms with E-state index in [1.54, 1.807) is 22.0 Å². The third-order valence-electron chi connectivity index (χ3n) is 3.45. The highest BCUT2D eigenvalue weighted by Crippen LogP contribution is 2.24. The fourth-order valence-corrected chi connectivity index (χ4v) is 2.96. The highest BCUT2D eigenvalue weighted by Gasteiger charge is 2.32. The fourth-order valence-electron chi connectivity index (χ4n) is 2.44. The van der Waals surface area contributed by atoms with Crippen LogP contribution < -0.4 is 5.32 Å². The van der Waals surface area contributed by atoms with Crippen molar-refractivity contribution in [3.8, 4) is 0 Å². The summed E-state index contributed by atoms with van der Waals surface area (Å²) in [6.45, 7) is 5.50. The summed E-state index contributed by atoms with van der Waals surface area (Å²) in [5.41, 5.74) is 2.12. The van der Waals surface area contributed by atoms with E-state index in [0.717, 1.165) is 5.82 Å². The number of nitrogens with zero attached hydrogens (tertiary/aromatic N) is 4. The fraction of sp³-hybridized carbons (Fsp3) is 0.467. The van der Waals surface area contributed by atoms with Gasteiger partial charge in [-0.2, -0.15) is 0 Å². The van der Waals surface area contributed by atoms with E-state index in [9.17, 15) is 4.79 Å². The average molecular weight is 333 g/mol. The minimum Gasteiger partial charge on any atom is -0.377 e. The van der Waals surface area contributed by atoms with Crippen LogP contribution in [0.5, 0.6) is 0 Å². The summed E-state index contributed by atoms with van der Waals surface area (Å²) in [6.07, 6.45) is 1.70. The zero-order valence-electron chi connectivity index (χ0n) is 13.1. The SMILES string of the molecule is CC(C)Nc1ccnc(C2COCCN2C(=O)c2cscn2)n1. The van der Waals surface area contributed by atoms with Gasteiger partial charge in [-0.1, -0.05) is 0 Å². The van der Waals surface area contributed by atoms with Crippen LogP contribution in [-0.2, 0) is 4.74 Å². The van der Waals surface area contributed by atoms with E-state index in [0.29, 0.717) is 31.3 Å². The van der Waals surface area contributed by atoms with Gasteiger partial charge in [0.15, 0.2) is 5.82 Å². The summed E-state index contributed by atoms with van der Waals surface area (Å²) in [5, 5.41) is 5.01. The van der Waals surface area contributed by atoms with Crippen molar-refractivity contribution in [1.29, 1.82) is 0 Å². The minimum absolute atomic E-state index is 0.106. The molecular weight excluding hydrogens is 314 g/mol. The summed E-state index contributed by atoms with van der Waals surface area (Å²) < 4.78 is 5.54. The molecule has 0 saturated carbocycles. The zero-order chi connectivity index (χ0) is 16.2. The van der Waals surface area contributed by atoms with E-state index < -0.39 is 0 Å². The van der Waals surface area contributed by atoms with Gasteiger partial charge in [-0.25, -0.2) is 15.0 Å². The number of carbonyl (C=O) groups is 1. The first-order valence-corrected chi connectivity index (χ1v) is 8.46. The van der Waals surface area contributed by atoms with Crippen LogP contribution in [0.3, 0.4) is 0 Å². The van der Waals surface area contributed by atoms with Crippen molar-refractivity contribution in [2.45, 2.75) is 25.9 Å². The number of anilines is 1. The lowest BCUT2D eigenvalue weighted by Gasteiger charge is -2.34. The number of hydrogen-bond donors (Lipinski definition) is 1. The molecule has 2 aromatic rings. The number of hydrogen-bond acceptors (Lipinski definition) is 7. The summed E-state index contributed by atoms with van der Waals surface area (Å²) in [6, 6.07) is 1.79. The first-order chi connectivity index (χ1) is 11.1. The largest absolute Gasteiger partial charge is 0.377 e. The summed E-state index contributed by atoms with van der Waals surface area (Å²) >= 11 is 1.41. The van der Waals surface area contributed by atoms with Crippen LogP contribution in [0.4, 0.5) is 5.82 Å². The molecule has 3 rings (SSSR count). The first-order valence-electron chi connectivity index (χ1n) is 7.51. The summed E-state index contributed by atoms with van der Waals surface area (Å²) in [4.78, 5) is 27.4. The topological polar surface area (TPSA) is 80.2 Å². The van der Waals surface area contributed by atoms with Gasteiger partial charge in [0.25, 0.3) is 5.91 Å². The second-order valence-electron chi connectivity index (χ2n) is 5.56. The summed E-state index contributed by atoms with van der Waals surface area (Å²) in [5.74, 6) is 1.22. The van der Waals surface area contributed by atoms with Crippen LogP contribution in [0, 0.1) is 0 Å². The van der Waals surface area contributed by atoms with Gasteiger partial charge in [-0.15, -0.1) is 11.3 Å². The lowest BCUT2D eigenvalue weighted by atomic mass is 10.2. The van der Waals surface area contributed by atoms with Gasteiger partial charge in [-0.05, 0) is 19.9 Å². The number of aromatic nitrogens is 3. The number of ether oxygens (including phenoxy) is 1. The predicted octanol–water partition coefficient (Wildman–Crippen LogP) is 1.97. The van der Waals surface area contributed by atoms with E-state index >= 15 is 0 Å². The monoisotopic (exact) mass is 333 g/mol. The van der Waals surface area contributed by atoms with Crippen molar-refractivity contribution in [1.82, 2.24) is 19.9 Å². The molecule has 0 radical (unpaired) electrons. The van der Waals surface area contributed by atoms with Gasteiger partial charge in [0.2, 0.25) is 0 Å². The van der Waals surface area contributed by atoms with Gasteiger partial charge in [0.05, 0.1) is 18.7 Å². The van der Waals surface area contributed by atoms with Crippen LogP contribution in [0.25, 0.3) is 0 Å². The molecule has 23 heavy (non-hydrogen) atoms. The Morgan fingerprint density at radius 2 is 2.35 bits per heavy atom. The molecule has 0 bridgehead atoms. The molecule has 0 spiro atoms.